The van der Waals surface area contributed by atoms with Crippen LogP contribution in [-0.2, 0) is 11.3 Å². The zero-order valence-corrected chi connectivity index (χ0v) is 12.8. The van der Waals surface area contributed by atoms with Gasteiger partial charge in [-0.1, -0.05) is 29.8 Å². The molecule has 0 radical (unpaired) electrons. The van der Waals surface area contributed by atoms with Crippen molar-refractivity contribution in [1.29, 1.82) is 0 Å². The Morgan fingerprint density at radius 3 is 2.60 bits per heavy atom. The molecule has 20 heavy (non-hydrogen) atoms. The summed E-state index contributed by atoms with van der Waals surface area (Å²) >= 11 is 7.46. The number of ether oxygens (including phenoxy) is 2. The monoisotopic (exact) mass is 311 g/mol. The van der Waals surface area contributed by atoms with Gasteiger partial charge in [0.15, 0.2) is 0 Å². The number of thiophene rings is 1. The van der Waals surface area contributed by atoms with E-state index in [0.29, 0.717) is 19.8 Å². The number of para-hydroxylation sites is 1. The van der Waals surface area contributed by atoms with Crippen molar-refractivity contribution in [3.8, 4) is 5.75 Å². The predicted molar refractivity (Wildman–Crippen MR) is 83.8 cm³/mol. The number of benzene rings is 1. The second-order valence-corrected chi connectivity index (χ2v) is 5.96. The Morgan fingerprint density at radius 2 is 1.85 bits per heavy atom. The van der Waals surface area contributed by atoms with Crippen molar-refractivity contribution < 1.29 is 9.47 Å². The molecule has 0 unspecified atom stereocenters. The van der Waals surface area contributed by atoms with Gasteiger partial charge in [-0.15, -0.1) is 11.3 Å². The zero-order chi connectivity index (χ0) is 14.0. The minimum Gasteiger partial charge on any atom is -0.491 e. The molecule has 0 aliphatic carbocycles. The van der Waals surface area contributed by atoms with Gasteiger partial charge in [0.2, 0.25) is 0 Å². The van der Waals surface area contributed by atoms with Gasteiger partial charge in [0.25, 0.3) is 0 Å². The van der Waals surface area contributed by atoms with Crippen LogP contribution in [0.4, 0.5) is 0 Å². The van der Waals surface area contributed by atoms with Gasteiger partial charge in [0.05, 0.1) is 17.6 Å². The van der Waals surface area contributed by atoms with Crippen LogP contribution < -0.4 is 10.1 Å². The molecule has 1 aromatic heterocycles. The molecule has 0 atom stereocenters. The van der Waals surface area contributed by atoms with Crippen LogP contribution in [0, 0.1) is 0 Å². The molecule has 0 spiro atoms. The normalized spacial score (nSPS) is 10.7. The fourth-order valence-corrected chi connectivity index (χ4v) is 2.70. The lowest BCUT2D eigenvalue weighted by Gasteiger charge is -2.07. The molecule has 0 fully saturated rings. The first-order valence-electron chi connectivity index (χ1n) is 6.55. The van der Waals surface area contributed by atoms with Crippen LogP contribution in [0.25, 0.3) is 0 Å². The van der Waals surface area contributed by atoms with Gasteiger partial charge in [-0.05, 0) is 24.3 Å². The standard InChI is InChI=1S/C15H18ClNO2S/c16-15-7-6-14(20-15)12-17-8-9-18-10-11-19-13-4-2-1-3-5-13/h1-7,17H,8-12H2. The van der Waals surface area contributed by atoms with Crippen molar-refractivity contribution in [3.63, 3.8) is 0 Å². The average Bonchev–Trinajstić information content (AvgIpc) is 2.88. The summed E-state index contributed by atoms with van der Waals surface area (Å²) in [5.74, 6) is 0.879. The highest BCUT2D eigenvalue weighted by molar-refractivity contribution is 7.16. The first-order chi connectivity index (χ1) is 9.84. The van der Waals surface area contributed by atoms with Crippen LogP contribution in [0.1, 0.15) is 4.88 Å². The Kier molecular flexibility index (Phi) is 6.88. The SMILES string of the molecule is Clc1ccc(CNCCOCCOc2ccccc2)s1. The molecule has 2 rings (SSSR count). The summed E-state index contributed by atoms with van der Waals surface area (Å²) in [6.07, 6.45) is 0. The number of hydrogen-bond donors (Lipinski definition) is 1. The molecule has 2 aromatic rings. The third-order valence-electron chi connectivity index (χ3n) is 2.59. The average molecular weight is 312 g/mol. The molecule has 5 heteroatoms. The molecule has 0 aliphatic rings. The fraction of sp³-hybridized carbons (Fsp3) is 0.333. The molecule has 1 heterocycles. The summed E-state index contributed by atoms with van der Waals surface area (Å²) in [5.41, 5.74) is 0. The van der Waals surface area contributed by atoms with Gasteiger partial charge in [0.1, 0.15) is 12.4 Å². The molecule has 0 amide bonds. The van der Waals surface area contributed by atoms with Gasteiger partial charge >= 0.3 is 0 Å². The summed E-state index contributed by atoms with van der Waals surface area (Å²) in [6, 6.07) is 13.7. The highest BCUT2D eigenvalue weighted by Crippen LogP contribution is 2.20. The van der Waals surface area contributed by atoms with E-state index in [1.807, 2.05) is 42.5 Å². The number of hydrogen-bond acceptors (Lipinski definition) is 4. The second kappa shape index (κ2) is 8.97. The Balaban J connectivity index is 1.44. The van der Waals surface area contributed by atoms with E-state index in [-0.39, 0.29) is 0 Å². The van der Waals surface area contributed by atoms with Crippen molar-refractivity contribution in [1.82, 2.24) is 5.32 Å². The molecule has 0 aliphatic heterocycles. The van der Waals surface area contributed by atoms with Crippen molar-refractivity contribution in [2.24, 2.45) is 0 Å². The highest BCUT2D eigenvalue weighted by Gasteiger charge is 1.97. The molecular formula is C15H18ClNO2S. The van der Waals surface area contributed by atoms with E-state index in [9.17, 15) is 0 Å². The minimum atomic E-state index is 0.574. The van der Waals surface area contributed by atoms with Crippen LogP contribution in [-0.4, -0.2) is 26.4 Å². The maximum Gasteiger partial charge on any atom is 0.119 e. The van der Waals surface area contributed by atoms with E-state index < -0.39 is 0 Å². The smallest absolute Gasteiger partial charge is 0.119 e. The summed E-state index contributed by atoms with van der Waals surface area (Å²) in [4.78, 5) is 1.24. The lowest BCUT2D eigenvalue weighted by molar-refractivity contribution is 0.102. The van der Waals surface area contributed by atoms with Gasteiger partial charge in [-0.25, -0.2) is 0 Å². The van der Waals surface area contributed by atoms with Crippen LogP contribution >= 0.6 is 22.9 Å². The van der Waals surface area contributed by atoms with Gasteiger partial charge < -0.3 is 14.8 Å². The summed E-state index contributed by atoms with van der Waals surface area (Å²) in [6.45, 7) is 3.51. The molecule has 3 nitrogen and oxygen atoms in total. The largest absolute Gasteiger partial charge is 0.491 e. The van der Waals surface area contributed by atoms with Gasteiger partial charge in [0, 0.05) is 18.0 Å². The van der Waals surface area contributed by atoms with Crippen LogP contribution in [0.2, 0.25) is 4.34 Å². The lowest BCUT2D eigenvalue weighted by Crippen LogP contribution is -2.20. The Labute approximate surface area is 128 Å². The third kappa shape index (κ3) is 5.92. The summed E-state index contributed by atoms with van der Waals surface area (Å²) in [5, 5.41) is 3.31. The van der Waals surface area contributed by atoms with E-state index in [1.54, 1.807) is 11.3 Å². The molecule has 0 saturated heterocycles. The molecule has 1 N–H and O–H groups in total. The molecule has 108 valence electrons. The molecule has 0 saturated carbocycles. The van der Waals surface area contributed by atoms with Crippen molar-refractivity contribution in [3.05, 3.63) is 51.7 Å². The van der Waals surface area contributed by atoms with Crippen LogP contribution in [0.15, 0.2) is 42.5 Å². The fourth-order valence-electron chi connectivity index (χ4n) is 1.64. The summed E-state index contributed by atoms with van der Waals surface area (Å²) < 4.78 is 11.8. The third-order valence-corrected chi connectivity index (χ3v) is 3.82. The second-order valence-electron chi connectivity index (χ2n) is 4.16. The lowest BCUT2D eigenvalue weighted by atomic mass is 10.3. The van der Waals surface area contributed by atoms with E-state index in [4.69, 9.17) is 21.1 Å². The molecule has 0 bridgehead atoms. The van der Waals surface area contributed by atoms with E-state index in [1.165, 1.54) is 4.88 Å². The number of halogens is 1. The van der Waals surface area contributed by atoms with Crippen LogP contribution in [0.5, 0.6) is 5.75 Å². The van der Waals surface area contributed by atoms with E-state index >= 15 is 0 Å². The summed E-state index contributed by atoms with van der Waals surface area (Å²) in [7, 11) is 0. The van der Waals surface area contributed by atoms with E-state index in [2.05, 4.69) is 5.32 Å². The van der Waals surface area contributed by atoms with Crippen molar-refractivity contribution >= 4 is 22.9 Å². The Bertz CT molecular complexity index is 490. The Morgan fingerprint density at radius 1 is 1.00 bits per heavy atom. The molecule has 1 aromatic carbocycles. The molecular weight excluding hydrogens is 294 g/mol. The van der Waals surface area contributed by atoms with Gasteiger partial charge in [-0.2, -0.15) is 0 Å². The van der Waals surface area contributed by atoms with Crippen molar-refractivity contribution in [2.75, 3.05) is 26.4 Å². The number of rotatable bonds is 9. The minimum absolute atomic E-state index is 0.574. The Hall–Kier alpha value is -1.07. The van der Waals surface area contributed by atoms with Gasteiger partial charge in [-0.3, -0.25) is 0 Å². The van der Waals surface area contributed by atoms with E-state index in [0.717, 1.165) is 23.2 Å². The highest BCUT2D eigenvalue weighted by atomic mass is 35.5. The predicted octanol–water partition coefficient (Wildman–Crippen LogP) is 3.59. The zero-order valence-electron chi connectivity index (χ0n) is 11.2. The van der Waals surface area contributed by atoms with Crippen LogP contribution in [0.3, 0.4) is 0 Å². The first kappa shape index (κ1) is 15.3. The first-order valence-corrected chi connectivity index (χ1v) is 7.74. The maximum atomic E-state index is 5.86. The topological polar surface area (TPSA) is 30.5 Å². The number of nitrogens with one attached hydrogen (secondary N) is 1. The maximum absolute atomic E-state index is 5.86. The quantitative estimate of drug-likeness (QED) is 0.718. The van der Waals surface area contributed by atoms with Crippen molar-refractivity contribution in [2.45, 2.75) is 6.54 Å².